The van der Waals surface area contributed by atoms with E-state index >= 15 is 0 Å². The number of hydrogen-bond acceptors (Lipinski definition) is 5. The summed E-state index contributed by atoms with van der Waals surface area (Å²) in [7, 11) is 0. The molecule has 1 heterocycles. The molecular weight excluding hydrogens is 212 g/mol. The molecule has 0 aromatic heterocycles. The van der Waals surface area contributed by atoms with E-state index in [9.17, 15) is 10.2 Å². The van der Waals surface area contributed by atoms with Gasteiger partial charge in [-0.25, -0.2) is 0 Å². The Morgan fingerprint density at radius 2 is 2.06 bits per heavy atom. The van der Waals surface area contributed by atoms with E-state index in [4.69, 9.17) is 14.6 Å². The second-order valence-electron chi connectivity index (χ2n) is 4.18. The molecule has 96 valence electrons. The van der Waals surface area contributed by atoms with Gasteiger partial charge in [0.1, 0.15) is 6.10 Å². The van der Waals surface area contributed by atoms with Crippen molar-refractivity contribution in [2.24, 2.45) is 0 Å². The van der Waals surface area contributed by atoms with Crippen molar-refractivity contribution in [1.29, 1.82) is 0 Å². The van der Waals surface area contributed by atoms with Crippen LogP contribution in [0, 0.1) is 0 Å². The molecule has 5 nitrogen and oxygen atoms in total. The molecule has 4 unspecified atom stereocenters. The Kier molecular flexibility index (Phi) is 6.23. The lowest BCUT2D eigenvalue weighted by molar-refractivity contribution is -0.271. The van der Waals surface area contributed by atoms with Crippen molar-refractivity contribution >= 4 is 0 Å². The van der Waals surface area contributed by atoms with E-state index in [1.807, 2.05) is 0 Å². The highest BCUT2D eigenvalue weighted by atomic mass is 16.7. The summed E-state index contributed by atoms with van der Waals surface area (Å²) in [5, 5.41) is 28.1. The van der Waals surface area contributed by atoms with Gasteiger partial charge < -0.3 is 24.8 Å². The van der Waals surface area contributed by atoms with Crippen LogP contribution in [-0.2, 0) is 9.47 Å². The van der Waals surface area contributed by atoms with E-state index in [1.54, 1.807) is 0 Å². The molecule has 0 radical (unpaired) electrons. The molecule has 4 atom stereocenters. The normalized spacial score (nSPS) is 35.2. The molecule has 1 fully saturated rings. The molecule has 3 N–H and O–H groups in total. The van der Waals surface area contributed by atoms with Gasteiger partial charge in [-0.05, 0) is 6.42 Å². The molecular formula is C11H22O5. The fraction of sp³-hybridized carbons (Fsp3) is 1.00. The van der Waals surface area contributed by atoms with Gasteiger partial charge in [0, 0.05) is 13.0 Å². The lowest BCUT2D eigenvalue weighted by Gasteiger charge is -2.36. The van der Waals surface area contributed by atoms with Crippen molar-refractivity contribution in [3.63, 3.8) is 0 Å². The molecule has 0 saturated carbocycles. The van der Waals surface area contributed by atoms with Crippen molar-refractivity contribution in [3.05, 3.63) is 0 Å². The molecule has 0 aromatic rings. The predicted molar refractivity (Wildman–Crippen MR) is 57.9 cm³/mol. The van der Waals surface area contributed by atoms with Gasteiger partial charge >= 0.3 is 0 Å². The molecule has 0 spiro atoms. The zero-order chi connectivity index (χ0) is 12.0. The Morgan fingerprint density at radius 1 is 1.31 bits per heavy atom. The van der Waals surface area contributed by atoms with E-state index in [0.717, 1.165) is 19.3 Å². The smallest absolute Gasteiger partial charge is 0.186 e. The molecule has 0 bridgehead atoms. The number of ether oxygens (including phenoxy) is 2. The molecule has 1 rings (SSSR count). The first-order valence-corrected chi connectivity index (χ1v) is 5.93. The quantitative estimate of drug-likeness (QED) is 0.565. The van der Waals surface area contributed by atoms with E-state index in [-0.39, 0.29) is 13.0 Å². The van der Waals surface area contributed by atoms with E-state index < -0.39 is 24.6 Å². The first-order chi connectivity index (χ1) is 7.69. The van der Waals surface area contributed by atoms with Crippen LogP contribution in [0.2, 0.25) is 0 Å². The minimum atomic E-state index is -1.02. The SMILES string of the molecule is CCCCCOC1OC(CO)CC(O)C1O. The first kappa shape index (κ1) is 13.9. The van der Waals surface area contributed by atoms with Gasteiger partial charge in [-0.1, -0.05) is 19.8 Å². The van der Waals surface area contributed by atoms with E-state index in [0.29, 0.717) is 6.61 Å². The summed E-state index contributed by atoms with van der Waals surface area (Å²) in [6, 6.07) is 0. The predicted octanol–water partition coefficient (Wildman–Crippen LogP) is 0.0223. The highest BCUT2D eigenvalue weighted by Gasteiger charge is 2.36. The van der Waals surface area contributed by atoms with Crippen LogP contribution in [0.15, 0.2) is 0 Å². The summed E-state index contributed by atoms with van der Waals surface area (Å²) >= 11 is 0. The van der Waals surface area contributed by atoms with Crippen LogP contribution >= 0.6 is 0 Å². The molecule has 1 saturated heterocycles. The molecule has 0 aromatic carbocycles. The van der Waals surface area contributed by atoms with Crippen molar-refractivity contribution in [2.45, 2.75) is 57.2 Å². The molecule has 1 aliphatic rings. The van der Waals surface area contributed by atoms with Crippen LogP contribution in [0.4, 0.5) is 0 Å². The number of hydrogen-bond donors (Lipinski definition) is 3. The van der Waals surface area contributed by atoms with Gasteiger partial charge in [0.15, 0.2) is 6.29 Å². The Hall–Kier alpha value is -0.200. The first-order valence-electron chi connectivity index (χ1n) is 5.93. The summed E-state index contributed by atoms with van der Waals surface area (Å²) in [6.07, 6.45) is 0.127. The molecule has 0 aliphatic carbocycles. The van der Waals surface area contributed by atoms with Gasteiger partial charge in [0.25, 0.3) is 0 Å². The van der Waals surface area contributed by atoms with Crippen LogP contribution < -0.4 is 0 Å². The van der Waals surface area contributed by atoms with Crippen molar-refractivity contribution < 1.29 is 24.8 Å². The van der Waals surface area contributed by atoms with Crippen molar-refractivity contribution in [3.8, 4) is 0 Å². The summed E-state index contributed by atoms with van der Waals surface area (Å²) in [5.74, 6) is 0. The molecule has 0 amide bonds. The lowest BCUT2D eigenvalue weighted by Crippen LogP contribution is -2.50. The third-order valence-corrected chi connectivity index (χ3v) is 2.74. The molecule has 16 heavy (non-hydrogen) atoms. The second kappa shape index (κ2) is 7.19. The number of rotatable bonds is 6. The highest BCUT2D eigenvalue weighted by molar-refractivity contribution is 4.80. The topological polar surface area (TPSA) is 79.2 Å². The standard InChI is InChI=1S/C11H22O5/c1-2-3-4-5-15-11-10(14)9(13)6-8(7-12)16-11/h8-14H,2-7H2,1H3. The van der Waals surface area contributed by atoms with Crippen LogP contribution in [0.1, 0.15) is 32.6 Å². The number of unbranched alkanes of at least 4 members (excludes halogenated alkanes) is 2. The van der Waals surface area contributed by atoms with Crippen LogP contribution in [0.3, 0.4) is 0 Å². The van der Waals surface area contributed by atoms with Gasteiger partial charge in [0.05, 0.1) is 18.8 Å². The second-order valence-corrected chi connectivity index (χ2v) is 4.18. The van der Waals surface area contributed by atoms with Crippen molar-refractivity contribution in [2.75, 3.05) is 13.2 Å². The third-order valence-electron chi connectivity index (χ3n) is 2.74. The highest BCUT2D eigenvalue weighted by Crippen LogP contribution is 2.21. The van der Waals surface area contributed by atoms with Gasteiger partial charge in [-0.2, -0.15) is 0 Å². The Morgan fingerprint density at radius 3 is 2.69 bits per heavy atom. The van der Waals surface area contributed by atoms with Crippen LogP contribution in [-0.4, -0.2) is 53.1 Å². The van der Waals surface area contributed by atoms with E-state index in [1.165, 1.54) is 0 Å². The minimum Gasteiger partial charge on any atom is -0.394 e. The fourth-order valence-corrected chi connectivity index (χ4v) is 1.72. The summed E-state index contributed by atoms with van der Waals surface area (Å²) < 4.78 is 10.7. The lowest BCUT2D eigenvalue weighted by atomic mass is 10.0. The third kappa shape index (κ3) is 3.99. The van der Waals surface area contributed by atoms with Gasteiger partial charge in [0.2, 0.25) is 0 Å². The Labute approximate surface area is 96.0 Å². The van der Waals surface area contributed by atoms with Crippen LogP contribution in [0.25, 0.3) is 0 Å². The number of aliphatic hydroxyl groups excluding tert-OH is 3. The van der Waals surface area contributed by atoms with Crippen LogP contribution in [0.5, 0.6) is 0 Å². The Bertz CT molecular complexity index is 187. The zero-order valence-corrected chi connectivity index (χ0v) is 9.71. The maximum Gasteiger partial charge on any atom is 0.186 e. The monoisotopic (exact) mass is 234 g/mol. The van der Waals surface area contributed by atoms with Crippen molar-refractivity contribution in [1.82, 2.24) is 0 Å². The fourth-order valence-electron chi connectivity index (χ4n) is 1.72. The summed E-state index contributed by atoms with van der Waals surface area (Å²) in [5.41, 5.74) is 0. The van der Waals surface area contributed by atoms with Gasteiger partial charge in [-0.15, -0.1) is 0 Å². The maximum absolute atomic E-state index is 9.63. The average molecular weight is 234 g/mol. The minimum absolute atomic E-state index is 0.168. The zero-order valence-electron chi connectivity index (χ0n) is 9.71. The largest absolute Gasteiger partial charge is 0.394 e. The van der Waals surface area contributed by atoms with Gasteiger partial charge in [-0.3, -0.25) is 0 Å². The number of aliphatic hydroxyl groups is 3. The maximum atomic E-state index is 9.63. The Balaban J connectivity index is 2.31. The average Bonchev–Trinajstić information content (AvgIpc) is 2.29. The summed E-state index contributed by atoms with van der Waals surface area (Å²) in [4.78, 5) is 0. The van der Waals surface area contributed by atoms with E-state index in [2.05, 4.69) is 6.92 Å². The molecule has 1 aliphatic heterocycles. The molecule has 5 heteroatoms. The summed E-state index contributed by atoms with van der Waals surface area (Å²) in [6.45, 7) is 2.43.